The van der Waals surface area contributed by atoms with Gasteiger partial charge in [0.1, 0.15) is 11.6 Å². The molecule has 0 bridgehead atoms. The molecule has 2 N–H and O–H groups in total. The van der Waals surface area contributed by atoms with Crippen molar-refractivity contribution in [1.29, 1.82) is 0 Å². The highest BCUT2D eigenvalue weighted by Crippen LogP contribution is 2.33. The molecule has 2 aliphatic heterocycles. The first kappa shape index (κ1) is 21.8. The third-order valence-electron chi connectivity index (χ3n) is 6.18. The van der Waals surface area contributed by atoms with Crippen LogP contribution in [0.25, 0.3) is 0 Å². The summed E-state index contributed by atoms with van der Waals surface area (Å²) in [6, 6.07) is 0.281. The monoisotopic (exact) mass is 403 g/mol. The molecule has 29 heavy (non-hydrogen) atoms. The van der Waals surface area contributed by atoms with Crippen LogP contribution in [0.4, 0.5) is 11.6 Å². The highest BCUT2D eigenvalue weighted by atomic mass is 16.5. The zero-order valence-electron chi connectivity index (χ0n) is 18.3. The van der Waals surface area contributed by atoms with E-state index in [2.05, 4.69) is 28.7 Å². The number of aromatic nitrogens is 2. The SMILES string of the molecule is CCC[C@H](C)Oc1nc(N)c2c(n1)N(CCCCC1CCCN(CC)C1)C(=O)C2. The number of unbranched alkanes of at least 4 members (excludes halogenated alkanes) is 1. The van der Waals surface area contributed by atoms with Gasteiger partial charge in [0, 0.05) is 18.7 Å². The van der Waals surface area contributed by atoms with Gasteiger partial charge in [-0.1, -0.05) is 26.7 Å². The van der Waals surface area contributed by atoms with Crippen molar-refractivity contribution in [3.63, 3.8) is 0 Å². The highest BCUT2D eigenvalue weighted by molar-refractivity contribution is 6.01. The minimum Gasteiger partial charge on any atom is -0.460 e. The lowest BCUT2D eigenvalue weighted by atomic mass is 9.93. The number of likely N-dealkylation sites (tertiary alicyclic amines) is 1. The number of amides is 1. The van der Waals surface area contributed by atoms with Crippen LogP contribution in [0.2, 0.25) is 0 Å². The molecule has 1 aromatic rings. The molecule has 1 amide bonds. The number of nitrogen functional groups attached to an aromatic ring is 1. The van der Waals surface area contributed by atoms with Gasteiger partial charge >= 0.3 is 6.01 Å². The molecule has 1 saturated heterocycles. The Morgan fingerprint density at radius 3 is 2.86 bits per heavy atom. The van der Waals surface area contributed by atoms with Crippen molar-refractivity contribution >= 4 is 17.5 Å². The van der Waals surface area contributed by atoms with Gasteiger partial charge in [0.15, 0.2) is 0 Å². The van der Waals surface area contributed by atoms with E-state index in [1.165, 1.54) is 32.4 Å². The quantitative estimate of drug-likeness (QED) is 0.603. The number of fused-ring (bicyclic) bond motifs is 1. The third-order valence-corrected chi connectivity index (χ3v) is 6.18. The fourth-order valence-corrected chi connectivity index (χ4v) is 4.53. The number of rotatable bonds is 10. The van der Waals surface area contributed by atoms with Crippen molar-refractivity contribution < 1.29 is 9.53 Å². The van der Waals surface area contributed by atoms with E-state index in [0.29, 0.717) is 24.6 Å². The van der Waals surface area contributed by atoms with Gasteiger partial charge in [-0.05, 0) is 58.0 Å². The summed E-state index contributed by atoms with van der Waals surface area (Å²) in [5, 5.41) is 0. The Labute approximate surface area is 175 Å². The average molecular weight is 404 g/mol. The molecule has 162 valence electrons. The van der Waals surface area contributed by atoms with E-state index in [1.807, 2.05) is 6.92 Å². The minimum absolute atomic E-state index is 0.0289. The van der Waals surface area contributed by atoms with E-state index in [-0.39, 0.29) is 18.0 Å². The maximum atomic E-state index is 12.6. The fraction of sp³-hybridized carbons (Fsp3) is 0.773. The summed E-state index contributed by atoms with van der Waals surface area (Å²) >= 11 is 0. The number of nitrogens with zero attached hydrogens (tertiary/aromatic N) is 4. The van der Waals surface area contributed by atoms with Crippen molar-refractivity contribution in [3.8, 4) is 6.01 Å². The van der Waals surface area contributed by atoms with Crippen LogP contribution in [0, 0.1) is 5.92 Å². The number of ether oxygens (including phenoxy) is 1. The summed E-state index contributed by atoms with van der Waals surface area (Å²) < 4.78 is 5.83. The first-order valence-corrected chi connectivity index (χ1v) is 11.4. The summed E-state index contributed by atoms with van der Waals surface area (Å²) in [6.45, 7) is 10.7. The molecule has 2 atom stereocenters. The van der Waals surface area contributed by atoms with Crippen LogP contribution in [0.1, 0.15) is 71.3 Å². The summed E-state index contributed by atoms with van der Waals surface area (Å²) in [4.78, 5) is 25.7. The van der Waals surface area contributed by atoms with E-state index in [4.69, 9.17) is 10.5 Å². The number of piperidine rings is 1. The number of nitrogens with two attached hydrogens (primary N) is 1. The molecule has 1 fully saturated rings. The van der Waals surface area contributed by atoms with Gasteiger partial charge in [-0.15, -0.1) is 0 Å². The molecular weight excluding hydrogens is 366 g/mol. The Morgan fingerprint density at radius 2 is 2.10 bits per heavy atom. The molecule has 0 aliphatic carbocycles. The summed E-state index contributed by atoms with van der Waals surface area (Å²) in [5.41, 5.74) is 6.86. The highest BCUT2D eigenvalue weighted by Gasteiger charge is 2.32. The Bertz CT molecular complexity index is 696. The molecule has 0 saturated carbocycles. The molecule has 0 radical (unpaired) electrons. The first-order valence-electron chi connectivity index (χ1n) is 11.4. The van der Waals surface area contributed by atoms with Gasteiger partial charge in [-0.25, -0.2) is 0 Å². The van der Waals surface area contributed by atoms with Crippen LogP contribution >= 0.6 is 0 Å². The first-order chi connectivity index (χ1) is 14.0. The smallest absolute Gasteiger partial charge is 0.320 e. The van der Waals surface area contributed by atoms with Crippen molar-refractivity contribution in [2.24, 2.45) is 5.92 Å². The number of carbonyl (C=O) groups is 1. The Morgan fingerprint density at radius 1 is 1.28 bits per heavy atom. The van der Waals surface area contributed by atoms with E-state index in [0.717, 1.165) is 43.7 Å². The van der Waals surface area contributed by atoms with Crippen LogP contribution in [0.15, 0.2) is 0 Å². The molecule has 0 spiro atoms. The molecule has 3 rings (SSSR count). The van der Waals surface area contributed by atoms with Crippen LogP contribution in [0.5, 0.6) is 6.01 Å². The van der Waals surface area contributed by atoms with Gasteiger partial charge in [0.2, 0.25) is 5.91 Å². The maximum Gasteiger partial charge on any atom is 0.320 e. The minimum atomic E-state index is 0.0289. The van der Waals surface area contributed by atoms with Crippen LogP contribution < -0.4 is 15.4 Å². The summed E-state index contributed by atoms with van der Waals surface area (Å²) in [6.07, 6.45) is 8.29. The topological polar surface area (TPSA) is 84.6 Å². The molecule has 1 aromatic heterocycles. The molecule has 2 aliphatic rings. The van der Waals surface area contributed by atoms with Gasteiger partial charge in [0.25, 0.3) is 0 Å². The molecule has 0 aromatic carbocycles. The van der Waals surface area contributed by atoms with Gasteiger partial charge in [-0.3, -0.25) is 9.69 Å². The second-order valence-electron chi connectivity index (χ2n) is 8.53. The summed E-state index contributed by atoms with van der Waals surface area (Å²) in [7, 11) is 0. The normalized spacial score (nSPS) is 20.7. The van der Waals surface area contributed by atoms with Crippen LogP contribution in [0.3, 0.4) is 0 Å². The number of hydrogen-bond donors (Lipinski definition) is 1. The average Bonchev–Trinajstić information content (AvgIpc) is 3.01. The zero-order chi connectivity index (χ0) is 20.8. The van der Waals surface area contributed by atoms with Gasteiger partial charge in [0.05, 0.1) is 12.5 Å². The van der Waals surface area contributed by atoms with E-state index in [9.17, 15) is 4.79 Å². The number of carbonyl (C=O) groups excluding carboxylic acids is 1. The standard InChI is InChI=1S/C22H37N5O2/c1-4-9-16(3)29-22-24-20(23)18-14-19(28)27(21(18)25-22)13-7-6-10-17-11-8-12-26(5-2)15-17/h16-17H,4-15H2,1-3H3,(H2,23,24,25)/t16-,17?/m0/s1. The predicted octanol–water partition coefficient (Wildman–Crippen LogP) is 3.42. The maximum absolute atomic E-state index is 12.6. The summed E-state index contributed by atoms with van der Waals surface area (Å²) in [5.74, 6) is 1.88. The van der Waals surface area contributed by atoms with Crippen molar-refractivity contribution in [1.82, 2.24) is 14.9 Å². The lowest BCUT2D eigenvalue weighted by Gasteiger charge is -2.31. The predicted molar refractivity (Wildman–Crippen MR) is 116 cm³/mol. The zero-order valence-corrected chi connectivity index (χ0v) is 18.3. The molecule has 1 unspecified atom stereocenters. The van der Waals surface area contributed by atoms with Crippen molar-refractivity contribution in [3.05, 3.63) is 5.56 Å². The van der Waals surface area contributed by atoms with Crippen molar-refractivity contribution in [2.75, 3.05) is 36.8 Å². The second-order valence-corrected chi connectivity index (χ2v) is 8.53. The Balaban J connectivity index is 1.56. The van der Waals surface area contributed by atoms with Crippen LogP contribution in [-0.4, -0.2) is 53.1 Å². The molecular formula is C22H37N5O2. The lowest BCUT2D eigenvalue weighted by Crippen LogP contribution is -2.35. The third kappa shape index (κ3) is 5.59. The van der Waals surface area contributed by atoms with Crippen molar-refractivity contribution in [2.45, 2.75) is 78.2 Å². The second kappa shape index (κ2) is 10.2. The van der Waals surface area contributed by atoms with E-state index in [1.54, 1.807) is 4.90 Å². The molecule has 7 nitrogen and oxygen atoms in total. The number of anilines is 2. The molecule has 3 heterocycles. The number of hydrogen-bond acceptors (Lipinski definition) is 6. The Hall–Kier alpha value is -1.89. The fourth-order valence-electron chi connectivity index (χ4n) is 4.53. The lowest BCUT2D eigenvalue weighted by molar-refractivity contribution is -0.117. The molecule has 7 heteroatoms. The van der Waals surface area contributed by atoms with E-state index < -0.39 is 0 Å². The van der Waals surface area contributed by atoms with E-state index >= 15 is 0 Å². The van der Waals surface area contributed by atoms with Gasteiger partial charge in [-0.2, -0.15) is 9.97 Å². The Kier molecular flexibility index (Phi) is 7.70. The van der Waals surface area contributed by atoms with Crippen LogP contribution in [-0.2, 0) is 11.2 Å². The largest absolute Gasteiger partial charge is 0.460 e. The van der Waals surface area contributed by atoms with Gasteiger partial charge < -0.3 is 15.4 Å².